The summed E-state index contributed by atoms with van der Waals surface area (Å²) in [5.41, 5.74) is -0.308. The molecule has 0 unspecified atom stereocenters. The zero-order chi connectivity index (χ0) is 32.7. The first-order valence-corrected chi connectivity index (χ1v) is 16.1. The summed E-state index contributed by atoms with van der Waals surface area (Å²) in [5.74, 6) is -2.84. The third-order valence-electron chi connectivity index (χ3n) is 10.8. The monoisotopic (exact) mass is 632 g/mol. The van der Waals surface area contributed by atoms with Crippen molar-refractivity contribution in [3.8, 4) is 0 Å². The summed E-state index contributed by atoms with van der Waals surface area (Å²) in [6.07, 6.45) is 0.320. The Morgan fingerprint density at radius 1 is 1.00 bits per heavy atom. The minimum Gasteiger partial charge on any atom is -0.461 e. The van der Waals surface area contributed by atoms with Crippen LogP contribution in [0, 0.1) is 22.7 Å². The lowest BCUT2D eigenvalue weighted by molar-refractivity contribution is -0.344. The van der Waals surface area contributed by atoms with Gasteiger partial charge in [0.2, 0.25) is 11.6 Å². The average molecular weight is 633 g/mol. The van der Waals surface area contributed by atoms with Crippen molar-refractivity contribution in [3.63, 3.8) is 0 Å². The summed E-state index contributed by atoms with van der Waals surface area (Å²) in [4.78, 5) is 41.9. The van der Waals surface area contributed by atoms with Gasteiger partial charge in [-0.25, -0.2) is 0 Å². The summed E-state index contributed by atoms with van der Waals surface area (Å²) in [6, 6.07) is 19.4. The summed E-state index contributed by atoms with van der Waals surface area (Å²) in [7, 11) is 1.49. The maximum absolute atomic E-state index is 14.8. The Kier molecular flexibility index (Phi) is 9.08. The lowest BCUT2D eigenvalue weighted by Gasteiger charge is -2.59. The molecule has 9 nitrogen and oxygen atoms in total. The molecule has 0 N–H and O–H groups in total. The predicted molar refractivity (Wildman–Crippen MR) is 167 cm³/mol. The van der Waals surface area contributed by atoms with Gasteiger partial charge in [-0.05, 0) is 30.7 Å². The maximum atomic E-state index is 14.8. The standard InChI is InChI=1S/C37H44O9/c1-23(38)45-29-19-30-37(44-20-24-12-8-6-9-13-24,21-42-34(46-30)25-14-10-7-11-15-25)28-18-26-16-17-27(35(26,2)3)32(43-22-41-5)31(39)33(40)36(28,29)4/h6-15,18,27-30,32,34H,16-17,19-22H2,1-5H3/t27-,28+,29-,30+,32-,34-,36-,37-/m1/s1. The molecule has 46 heavy (non-hydrogen) atoms. The third-order valence-corrected chi connectivity index (χ3v) is 10.8. The van der Waals surface area contributed by atoms with E-state index < -0.39 is 64.5 Å². The van der Waals surface area contributed by atoms with E-state index in [9.17, 15) is 14.4 Å². The average Bonchev–Trinajstić information content (AvgIpc) is 3.35. The van der Waals surface area contributed by atoms with Crippen LogP contribution in [0.4, 0.5) is 0 Å². The van der Waals surface area contributed by atoms with Gasteiger partial charge in [-0.2, -0.15) is 0 Å². The van der Waals surface area contributed by atoms with Crippen LogP contribution in [0.1, 0.15) is 64.4 Å². The molecule has 3 aliphatic carbocycles. The second-order valence-electron chi connectivity index (χ2n) is 13.7. The first kappa shape index (κ1) is 32.7. The molecule has 0 amide bonds. The molecule has 0 radical (unpaired) electrons. The smallest absolute Gasteiger partial charge is 0.302 e. The van der Waals surface area contributed by atoms with Crippen molar-refractivity contribution in [1.29, 1.82) is 0 Å². The Labute approximate surface area is 270 Å². The molecule has 2 aromatic rings. The van der Waals surface area contributed by atoms with E-state index in [4.69, 9.17) is 28.4 Å². The summed E-state index contributed by atoms with van der Waals surface area (Å²) in [5, 5.41) is 0. The van der Waals surface area contributed by atoms with E-state index >= 15 is 0 Å². The summed E-state index contributed by atoms with van der Waals surface area (Å²) < 4.78 is 37.4. The highest BCUT2D eigenvalue weighted by molar-refractivity contribution is 6.41. The van der Waals surface area contributed by atoms with Crippen LogP contribution in [0.2, 0.25) is 0 Å². The second kappa shape index (κ2) is 12.8. The Bertz CT molecular complexity index is 1470. The van der Waals surface area contributed by atoms with Crippen molar-refractivity contribution in [2.45, 2.75) is 83.8 Å². The zero-order valence-electron chi connectivity index (χ0n) is 27.2. The van der Waals surface area contributed by atoms with Gasteiger partial charge in [-0.1, -0.05) is 86.2 Å². The summed E-state index contributed by atoms with van der Waals surface area (Å²) >= 11 is 0. The van der Waals surface area contributed by atoms with Crippen molar-refractivity contribution >= 4 is 17.5 Å². The van der Waals surface area contributed by atoms with E-state index in [1.165, 1.54) is 14.0 Å². The predicted octanol–water partition coefficient (Wildman–Crippen LogP) is 5.52. The number of Topliss-reactive ketones (excluding diaryl/α,β-unsaturated/α-hetero) is 2. The topological polar surface area (TPSA) is 107 Å². The van der Waals surface area contributed by atoms with Gasteiger partial charge in [0.25, 0.3) is 0 Å². The number of benzene rings is 2. The highest BCUT2D eigenvalue weighted by Gasteiger charge is 2.69. The molecule has 1 saturated heterocycles. The highest BCUT2D eigenvalue weighted by Crippen LogP contribution is 2.59. The fourth-order valence-corrected chi connectivity index (χ4v) is 8.24. The fraction of sp³-hybridized carbons (Fsp3) is 0.541. The van der Waals surface area contributed by atoms with Crippen molar-refractivity contribution in [2.75, 3.05) is 20.5 Å². The molecule has 2 bridgehead atoms. The Morgan fingerprint density at radius 3 is 2.37 bits per heavy atom. The van der Waals surface area contributed by atoms with E-state index in [1.54, 1.807) is 6.92 Å². The molecule has 246 valence electrons. The van der Waals surface area contributed by atoms with Crippen molar-refractivity contribution < 1.29 is 42.8 Å². The first-order valence-electron chi connectivity index (χ1n) is 16.1. The number of carbonyl (C=O) groups is 3. The van der Waals surface area contributed by atoms with Gasteiger partial charge in [0, 0.05) is 37.9 Å². The molecule has 2 saturated carbocycles. The van der Waals surface area contributed by atoms with Gasteiger partial charge in [0.05, 0.1) is 24.7 Å². The van der Waals surface area contributed by atoms with E-state index in [1.807, 2.05) is 60.7 Å². The number of hydrogen-bond donors (Lipinski definition) is 0. The molecular weight excluding hydrogens is 588 g/mol. The van der Waals surface area contributed by atoms with Crippen LogP contribution >= 0.6 is 0 Å². The molecule has 2 aromatic carbocycles. The van der Waals surface area contributed by atoms with Crippen LogP contribution in [0.3, 0.4) is 0 Å². The number of carbonyl (C=O) groups excluding carboxylic acids is 3. The number of ketones is 2. The van der Waals surface area contributed by atoms with Gasteiger partial charge in [0.15, 0.2) is 6.29 Å². The molecule has 1 aliphatic heterocycles. The third kappa shape index (κ3) is 5.56. The summed E-state index contributed by atoms with van der Waals surface area (Å²) in [6.45, 7) is 7.44. The maximum Gasteiger partial charge on any atom is 0.302 e. The Hall–Kier alpha value is -3.21. The first-order chi connectivity index (χ1) is 22.0. The van der Waals surface area contributed by atoms with Gasteiger partial charge in [-0.15, -0.1) is 0 Å². The molecular formula is C37H44O9. The largest absolute Gasteiger partial charge is 0.461 e. The lowest BCUT2D eigenvalue weighted by Crippen LogP contribution is -2.71. The number of allylic oxidation sites excluding steroid dienone is 1. The Morgan fingerprint density at radius 2 is 1.70 bits per heavy atom. The quantitative estimate of drug-likeness (QED) is 0.161. The molecule has 3 fully saturated rings. The number of methoxy groups -OCH3 is 1. The molecule has 1 heterocycles. The zero-order valence-corrected chi connectivity index (χ0v) is 27.2. The highest BCUT2D eigenvalue weighted by atomic mass is 16.7. The number of esters is 1. The number of rotatable bonds is 8. The van der Waals surface area contributed by atoms with Crippen LogP contribution in [-0.4, -0.2) is 62.0 Å². The van der Waals surface area contributed by atoms with Gasteiger partial charge >= 0.3 is 5.97 Å². The normalized spacial score (nSPS) is 35.2. The molecule has 4 aliphatic rings. The molecule has 0 spiro atoms. The van der Waals surface area contributed by atoms with E-state index in [0.29, 0.717) is 12.8 Å². The van der Waals surface area contributed by atoms with Crippen LogP contribution < -0.4 is 0 Å². The molecule has 6 rings (SSSR count). The van der Waals surface area contributed by atoms with Crippen molar-refractivity contribution in [2.24, 2.45) is 22.7 Å². The van der Waals surface area contributed by atoms with Gasteiger partial charge in [-0.3, -0.25) is 14.4 Å². The van der Waals surface area contributed by atoms with Crippen molar-refractivity contribution in [1.82, 2.24) is 0 Å². The molecule has 9 heteroatoms. The fourth-order valence-electron chi connectivity index (χ4n) is 8.24. The van der Waals surface area contributed by atoms with Crippen molar-refractivity contribution in [3.05, 3.63) is 83.4 Å². The number of ether oxygens (including phenoxy) is 6. The van der Waals surface area contributed by atoms with Crippen LogP contribution in [-0.2, 0) is 49.4 Å². The van der Waals surface area contributed by atoms with E-state index in [0.717, 1.165) is 16.7 Å². The number of hydrogen-bond acceptors (Lipinski definition) is 9. The molecule has 8 atom stereocenters. The minimum absolute atomic E-state index is 0.0931. The van der Waals surface area contributed by atoms with Crippen LogP contribution in [0.25, 0.3) is 0 Å². The second-order valence-corrected chi connectivity index (χ2v) is 13.7. The van der Waals surface area contributed by atoms with E-state index in [-0.39, 0.29) is 32.3 Å². The number of fused-ring (bicyclic) bond motifs is 5. The SMILES string of the molecule is COCO[C@H]1C(=O)C(=O)[C@]2(C)[C@H](C=C3CC[C@H]1C3(C)C)[C@]1(OCc3ccccc3)CO[C@@H](c3ccccc3)O[C@H]1C[C@H]2OC(C)=O. The molecule has 0 aromatic heterocycles. The van der Waals surface area contributed by atoms with Gasteiger partial charge in [0.1, 0.15) is 24.6 Å². The van der Waals surface area contributed by atoms with Crippen LogP contribution in [0.15, 0.2) is 72.3 Å². The van der Waals surface area contributed by atoms with Crippen LogP contribution in [0.5, 0.6) is 0 Å². The lowest BCUT2D eigenvalue weighted by atomic mass is 9.54. The Balaban J connectivity index is 1.53. The van der Waals surface area contributed by atoms with Gasteiger partial charge < -0.3 is 28.4 Å². The van der Waals surface area contributed by atoms with E-state index in [2.05, 4.69) is 19.9 Å². The minimum atomic E-state index is -1.51.